The first-order chi connectivity index (χ1) is 19.3. The molecule has 3 aromatic carbocycles. The monoisotopic (exact) mass is 573 g/mol. The summed E-state index contributed by atoms with van der Waals surface area (Å²) < 4.78 is 4.96. The summed E-state index contributed by atoms with van der Waals surface area (Å²) in [4.78, 5) is 16.8. The molecule has 4 aromatic rings. The Morgan fingerprint density at radius 1 is 1.00 bits per heavy atom. The van der Waals surface area contributed by atoms with E-state index < -0.39 is 0 Å². The van der Waals surface area contributed by atoms with Crippen LogP contribution in [0.1, 0.15) is 53.5 Å². The number of benzene rings is 3. The molecule has 1 N–H and O–H groups in total. The summed E-state index contributed by atoms with van der Waals surface area (Å²) in [6.07, 6.45) is 6.16. The van der Waals surface area contributed by atoms with Crippen LogP contribution in [0.3, 0.4) is 0 Å². The third kappa shape index (κ3) is 8.44. The van der Waals surface area contributed by atoms with Gasteiger partial charge in [0.05, 0.1) is 30.3 Å². The van der Waals surface area contributed by atoms with Crippen LogP contribution in [0.2, 0.25) is 5.02 Å². The number of esters is 1. The number of aryl methyl sites for hydroxylation is 1. The predicted molar refractivity (Wildman–Crippen MR) is 169 cm³/mol. The van der Waals surface area contributed by atoms with Crippen LogP contribution in [0.4, 0.5) is 0 Å². The molecule has 4 nitrogen and oxygen atoms in total. The van der Waals surface area contributed by atoms with Gasteiger partial charge in [-0.25, -0.2) is 4.98 Å². The highest BCUT2D eigenvalue weighted by Crippen LogP contribution is 2.36. The van der Waals surface area contributed by atoms with Crippen molar-refractivity contribution in [2.45, 2.75) is 44.5 Å². The van der Waals surface area contributed by atoms with Crippen molar-refractivity contribution in [1.29, 1.82) is 0 Å². The number of carbonyl (C=O) groups excluding carboxylic acids is 1. The van der Waals surface area contributed by atoms with E-state index in [1.807, 2.05) is 50.3 Å². The van der Waals surface area contributed by atoms with Gasteiger partial charge in [0.2, 0.25) is 0 Å². The van der Waals surface area contributed by atoms with E-state index in [-0.39, 0.29) is 23.2 Å². The molecule has 6 heteroatoms. The molecule has 40 heavy (non-hydrogen) atoms. The Bertz CT molecular complexity index is 1470. The Morgan fingerprint density at radius 3 is 2.55 bits per heavy atom. The highest BCUT2D eigenvalue weighted by Gasteiger charge is 2.19. The zero-order chi connectivity index (χ0) is 28.5. The molecule has 0 fully saturated rings. The molecule has 0 saturated carbocycles. The second kappa shape index (κ2) is 14.5. The van der Waals surface area contributed by atoms with Crippen LogP contribution in [-0.2, 0) is 22.4 Å². The topological polar surface area (TPSA) is 59.4 Å². The molecule has 208 valence electrons. The van der Waals surface area contributed by atoms with Crippen LogP contribution in [-0.4, -0.2) is 35.0 Å². The van der Waals surface area contributed by atoms with Crippen molar-refractivity contribution in [3.8, 4) is 0 Å². The molecule has 0 amide bonds. The van der Waals surface area contributed by atoms with Gasteiger partial charge in [-0.1, -0.05) is 85.3 Å². The standard InChI is InChI=1S/C34H36ClNO3S/c1-23(34(38)39-3)22-40-33(18-14-26-8-4-5-9-28(26)19-24(2)37)29-10-6-7-25(20-29)11-16-31-17-13-27-12-15-30(35)21-32(27)36-31/h4-13,15-17,20-21,23-24,33,37H,14,18-19,22H2,1-3H3. The minimum atomic E-state index is -0.384. The normalized spacial score (nSPS) is 13.8. The number of hydrogen-bond donors (Lipinski definition) is 1. The number of nitrogens with zero attached hydrogens (tertiary/aromatic N) is 1. The maximum atomic E-state index is 12.1. The van der Waals surface area contributed by atoms with Crippen molar-refractivity contribution in [2.75, 3.05) is 12.9 Å². The summed E-state index contributed by atoms with van der Waals surface area (Å²) in [6.45, 7) is 3.74. The Hall–Kier alpha value is -3.12. The smallest absolute Gasteiger partial charge is 0.309 e. The van der Waals surface area contributed by atoms with E-state index in [1.165, 1.54) is 23.8 Å². The summed E-state index contributed by atoms with van der Waals surface area (Å²) in [7, 11) is 1.44. The van der Waals surface area contributed by atoms with Crippen LogP contribution in [0, 0.1) is 5.92 Å². The maximum absolute atomic E-state index is 12.1. The number of methoxy groups -OCH3 is 1. The molecule has 1 aromatic heterocycles. The molecule has 3 atom stereocenters. The fourth-order valence-electron chi connectivity index (χ4n) is 4.72. The van der Waals surface area contributed by atoms with E-state index in [0.717, 1.165) is 35.0 Å². The van der Waals surface area contributed by atoms with Crippen molar-refractivity contribution < 1.29 is 14.6 Å². The average molecular weight is 574 g/mol. The minimum Gasteiger partial charge on any atom is -0.469 e. The number of halogens is 1. The van der Waals surface area contributed by atoms with Gasteiger partial charge in [0, 0.05) is 21.4 Å². The molecule has 0 radical (unpaired) electrons. The van der Waals surface area contributed by atoms with Crippen LogP contribution >= 0.6 is 23.4 Å². The number of aromatic nitrogens is 1. The fourth-order valence-corrected chi connectivity index (χ4v) is 6.17. The van der Waals surface area contributed by atoms with Crippen molar-refractivity contribution in [3.63, 3.8) is 0 Å². The van der Waals surface area contributed by atoms with Crippen molar-refractivity contribution in [2.24, 2.45) is 5.92 Å². The van der Waals surface area contributed by atoms with Gasteiger partial charge in [0.15, 0.2) is 0 Å². The summed E-state index contributed by atoms with van der Waals surface area (Å²) in [5.74, 6) is 0.306. The van der Waals surface area contributed by atoms with E-state index in [9.17, 15) is 9.90 Å². The molecule has 0 aliphatic rings. The Balaban J connectivity index is 1.55. The third-order valence-electron chi connectivity index (χ3n) is 6.87. The largest absolute Gasteiger partial charge is 0.469 e. The van der Waals surface area contributed by atoms with Gasteiger partial charge in [0.1, 0.15) is 0 Å². The van der Waals surface area contributed by atoms with Crippen molar-refractivity contribution in [1.82, 2.24) is 4.98 Å². The molecular formula is C34H36ClNO3S. The Labute approximate surface area is 246 Å². The highest BCUT2D eigenvalue weighted by molar-refractivity contribution is 7.99. The number of rotatable bonds is 12. The first kappa shape index (κ1) is 29.9. The zero-order valence-electron chi connectivity index (χ0n) is 23.2. The predicted octanol–water partition coefficient (Wildman–Crippen LogP) is 8.20. The third-order valence-corrected chi connectivity index (χ3v) is 8.70. The molecule has 0 aliphatic heterocycles. The fraction of sp³-hybridized carbons (Fsp3) is 0.294. The molecule has 0 spiro atoms. The van der Waals surface area contributed by atoms with Gasteiger partial charge in [-0.2, -0.15) is 11.8 Å². The van der Waals surface area contributed by atoms with Gasteiger partial charge in [-0.05, 0) is 72.7 Å². The van der Waals surface area contributed by atoms with E-state index in [2.05, 4.69) is 54.6 Å². The summed E-state index contributed by atoms with van der Waals surface area (Å²) in [5.41, 5.74) is 6.49. The molecule has 0 aliphatic carbocycles. The van der Waals surface area contributed by atoms with E-state index >= 15 is 0 Å². The first-order valence-electron chi connectivity index (χ1n) is 13.6. The zero-order valence-corrected chi connectivity index (χ0v) is 24.8. The SMILES string of the molecule is COC(=O)C(C)CSC(CCc1ccccc1CC(C)O)c1cccc(C=Cc2ccc3ccc(Cl)cc3n2)c1. The number of hydrogen-bond acceptors (Lipinski definition) is 5. The van der Waals surface area contributed by atoms with Crippen LogP contribution < -0.4 is 0 Å². The minimum absolute atomic E-state index is 0.185. The number of ether oxygens (including phenoxy) is 1. The van der Waals surface area contributed by atoms with Crippen LogP contribution in [0.25, 0.3) is 23.1 Å². The van der Waals surface area contributed by atoms with E-state index in [1.54, 1.807) is 11.8 Å². The lowest BCUT2D eigenvalue weighted by Gasteiger charge is -2.20. The highest BCUT2D eigenvalue weighted by atomic mass is 35.5. The summed E-state index contributed by atoms with van der Waals surface area (Å²) >= 11 is 7.95. The second-order valence-corrected chi connectivity index (χ2v) is 11.9. The number of aliphatic hydroxyl groups excluding tert-OH is 1. The van der Waals surface area contributed by atoms with E-state index in [4.69, 9.17) is 21.3 Å². The van der Waals surface area contributed by atoms with Gasteiger partial charge in [-0.3, -0.25) is 4.79 Å². The molecular weight excluding hydrogens is 538 g/mol. The lowest BCUT2D eigenvalue weighted by molar-refractivity contribution is -0.144. The number of pyridine rings is 1. The lowest BCUT2D eigenvalue weighted by Crippen LogP contribution is -2.16. The number of thioether (sulfide) groups is 1. The second-order valence-electron chi connectivity index (χ2n) is 10.2. The van der Waals surface area contributed by atoms with Crippen LogP contribution in [0.5, 0.6) is 0 Å². The van der Waals surface area contributed by atoms with Gasteiger partial charge >= 0.3 is 5.97 Å². The first-order valence-corrected chi connectivity index (χ1v) is 15.0. The number of fused-ring (bicyclic) bond motifs is 1. The Kier molecular flexibility index (Phi) is 10.8. The van der Waals surface area contributed by atoms with Gasteiger partial charge in [-0.15, -0.1) is 0 Å². The van der Waals surface area contributed by atoms with Crippen molar-refractivity contribution >= 4 is 52.4 Å². The molecule has 1 heterocycles. The Morgan fingerprint density at radius 2 is 1.77 bits per heavy atom. The summed E-state index contributed by atoms with van der Waals surface area (Å²) in [6, 6.07) is 26.7. The maximum Gasteiger partial charge on any atom is 0.309 e. The molecule has 4 rings (SSSR count). The number of carbonyl (C=O) groups is 1. The quantitative estimate of drug-likeness (QED) is 0.173. The molecule has 0 saturated heterocycles. The molecule has 3 unspecified atom stereocenters. The summed E-state index contributed by atoms with van der Waals surface area (Å²) in [5, 5.41) is 11.9. The van der Waals surface area contributed by atoms with Gasteiger partial charge in [0.25, 0.3) is 0 Å². The van der Waals surface area contributed by atoms with Gasteiger partial charge < -0.3 is 9.84 Å². The van der Waals surface area contributed by atoms with Crippen LogP contribution in [0.15, 0.2) is 78.9 Å². The lowest BCUT2D eigenvalue weighted by atomic mass is 9.96. The van der Waals surface area contributed by atoms with E-state index in [0.29, 0.717) is 17.2 Å². The number of aliphatic hydroxyl groups is 1. The molecule has 0 bridgehead atoms. The average Bonchev–Trinajstić information content (AvgIpc) is 2.95. The van der Waals surface area contributed by atoms with Crippen molar-refractivity contribution in [3.05, 3.63) is 112 Å².